The molecule has 5 nitrogen and oxygen atoms in total. The minimum atomic E-state index is -3.22. The maximum Gasteiger partial charge on any atom is 0.178 e. The minimum absolute atomic E-state index is 0.0262. The van der Waals surface area contributed by atoms with Crippen LogP contribution in [0.2, 0.25) is 0 Å². The number of hydrogen-bond acceptors (Lipinski definition) is 4. The van der Waals surface area contributed by atoms with Crippen molar-refractivity contribution in [3.8, 4) is 5.69 Å². The molecule has 1 aromatic heterocycles. The Hall–Kier alpha value is -1.66. The molecule has 2 rings (SSSR count). The number of aromatic nitrogens is 2. The van der Waals surface area contributed by atoms with Crippen molar-refractivity contribution < 1.29 is 8.42 Å². The number of sulfone groups is 1. The number of nitrogens with zero attached hydrogens (tertiary/aromatic N) is 2. The number of benzene rings is 1. The Morgan fingerprint density at radius 3 is 2.42 bits per heavy atom. The van der Waals surface area contributed by atoms with Gasteiger partial charge in [-0.05, 0) is 24.1 Å². The Morgan fingerprint density at radius 1 is 1.32 bits per heavy atom. The van der Waals surface area contributed by atoms with Gasteiger partial charge in [-0.25, -0.2) is 13.1 Å². The fraction of sp³-hybridized carbons (Fsp3) is 0.308. The SMILES string of the molecule is CC[C@H](N)c1ccc(-n2cc(S(C)(=O)=O)cn2)cc1. The van der Waals surface area contributed by atoms with Crippen molar-refractivity contribution in [3.05, 3.63) is 42.2 Å². The minimum Gasteiger partial charge on any atom is -0.324 e. The van der Waals surface area contributed by atoms with Crippen LogP contribution in [0.5, 0.6) is 0 Å². The molecule has 0 fully saturated rings. The molecule has 0 aliphatic heterocycles. The average molecular weight is 279 g/mol. The molecule has 0 unspecified atom stereocenters. The maximum atomic E-state index is 11.4. The first-order chi connectivity index (χ1) is 8.91. The molecule has 2 aromatic rings. The first kappa shape index (κ1) is 13.8. The highest BCUT2D eigenvalue weighted by molar-refractivity contribution is 7.90. The summed E-state index contributed by atoms with van der Waals surface area (Å²) in [4.78, 5) is 0.210. The van der Waals surface area contributed by atoms with Gasteiger partial charge in [0.05, 0.1) is 11.9 Å². The summed E-state index contributed by atoms with van der Waals surface area (Å²) in [6.45, 7) is 2.03. The molecule has 0 spiro atoms. The molecule has 0 radical (unpaired) electrons. The van der Waals surface area contributed by atoms with Crippen LogP contribution in [-0.2, 0) is 9.84 Å². The van der Waals surface area contributed by atoms with Crippen LogP contribution >= 0.6 is 0 Å². The molecule has 1 atom stereocenters. The topological polar surface area (TPSA) is 78.0 Å². The standard InChI is InChI=1S/C13H17N3O2S/c1-3-13(14)10-4-6-11(7-5-10)16-9-12(8-15-16)19(2,17)18/h4-9,13H,3,14H2,1-2H3/t13-/m0/s1. The molecule has 6 heteroatoms. The van der Waals surface area contributed by atoms with E-state index in [0.29, 0.717) is 0 Å². The van der Waals surface area contributed by atoms with E-state index in [0.717, 1.165) is 23.9 Å². The molecule has 102 valence electrons. The highest BCUT2D eigenvalue weighted by Gasteiger charge is 2.11. The Kier molecular flexibility index (Phi) is 3.73. The predicted octanol–water partition coefficient (Wildman–Crippen LogP) is 1.69. The Bertz CT molecular complexity index is 659. The van der Waals surface area contributed by atoms with E-state index in [2.05, 4.69) is 5.10 Å². The van der Waals surface area contributed by atoms with E-state index in [9.17, 15) is 8.42 Å². The van der Waals surface area contributed by atoms with E-state index in [1.807, 2.05) is 31.2 Å². The van der Waals surface area contributed by atoms with Crippen LogP contribution in [0.25, 0.3) is 5.69 Å². The summed E-state index contributed by atoms with van der Waals surface area (Å²) in [6, 6.07) is 7.66. The largest absolute Gasteiger partial charge is 0.324 e. The van der Waals surface area contributed by atoms with Crippen molar-refractivity contribution in [1.29, 1.82) is 0 Å². The summed E-state index contributed by atoms with van der Waals surface area (Å²) in [6.07, 6.45) is 4.89. The van der Waals surface area contributed by atoms with E-state index >= 15 is 0 Å². The highest BCUT2D eigenvalue weighted by Crippen LogP contribution is 2.17. The number of hydrogen-bond donors (Lipinski definition) is 1. The second-order valence-electron chi connectivity index (χ2n) is 4.50. The molecule has 0 aliphatic carbocycles. The fourth-order valence-electron chi connectivity index (χ4n) is 1.75. The Balaban J connectivity index is 2.30. The van der Waals surface area contributed by atoms with Crippen molar-refractivity contribution >= 4 is 9.84 Å². The van der Waals surface area contributed by atoms with Gasteiger partial charge in [-0.1, -0.05) is 19.1 Å². The van der Waals surface area contributed by atoms with Crippen LogP contribution in [-0.4, -0.2) is 24.5 Å². The van der Waals surface area contributed by atoms with Crippen LogP contribution in [0, 0.1) is 0 Å². The molecule has 0 saturated carbocycles. The first-order valence-corrected chi connectivity index (χ1v) is 7.91. The fourth-order valence-corrected chi connectivity index (χ4v) is 2.28. The molecule has 0 bridgehead atoms. The summed E-state index contributed by atoms with van der Waals surface area (Å²) < 4.78 is 24.3. The van der Waals surface area contributed by atoms with Crippen LogP contribution in [0.15, 0.2) is 41.6 Å². The average Bonchev–Trinajstić information content (AvgIpc) is 2.87. The zero-order valence-electron chi connectivity index (χ0n) is 10.9. The summed E-state index contributed by atoms with van der Waals surface area (Å²) in [5.41, 5.74) is 7.81. The Labute approximate surface area is 113 Å². The van der Waals surface area contributed by atoms with Crippen LogP contribution in [0.4, 0.5) is 0 Å². The van der Waals surface area contributed by atoms with E-state index < -0.39 is 9.84 Å². The maximum absolute atomic E-state index is 11.4. The van der Waals surface area contributed by atoms with Crippen LogP contribution < -0.4 is 5.73 Å². The lowest BCUT2D eigenvalue weighted by Gasteiger charge is -2.09. The van der Waals surface area contributed by atoms with Crippen molar-refractivity contribution in [1.82, 2.24) is 9.78 Å². The van der Waals surface area contributed by atoms with E-state index in [1.54, 1.807) is 0 Å². The number of nitrogens with two attached hydrogens (primary N) is 1. The smallest absolute Gasteiger partial charge is 0.178 e. The van der Waals surface area contributed by atoms with Gasteiger partial charge < -0.3 is 5.73 Å². The molecular formula is C13H17N3O2S. The van der Waals surface area contributed by atoms with Gasteiger partial charge in [0.1, 0.15) is 4.90 Å². The van der Waals surface area contributed by atoms with E-state index in [4.69, 9.17) is 5.73 Å². The highest BCUT2D eigenvalue weighted by atomic mass is 32.2. The Morgan fingerprint density at radius 2 is 1.95 bits per heavy atom. The molecule has 0 saturated heterocycles. The summed E-state index contributed by atoms with van der Waals surface area (Å²) in [5.74, 6) is 0. The van der Waals surface area contributed by atoms with Gasteiger partial charge in [-0.3, -0.25) is 0 Å². The molecular weight excluding hydrogens is 262 g/mol. The van der Waals surface area contributed by atoms with Gasteiger partial charge in [0.15, 0.2) is 9.84 Å². The lowest BCUT2D eigenvalue weighted by molar-refractivity contribution is 0.602. The van der Waals surface area contributed by atoms with Crippen molar-refractivity contribution in [2.24, 2.45) is 5.73 Å². The molecule has 0 aliphatic rings. The molecule has 2 N–H and O–H groups in total. The first-order valence-electron chi connectivity index (χ1n) is 6.02. The van der Waals surface area contributed by atoms with Gasteiger partial charge in [0.2, 0.25) is 0 Å². The zero-order chi connectivity index (χ0) is 14.0. The van der Waals surface area contributed by atoms with E-state index in [1.165, 1.54) is 17.1 Å². The lowest BCUT2D eigenvalue weighted by Crippen LogP contribution is -2.08. The predicted molar refractivity (Wildman–Crippen MR) is 73.9 cm³/mol. The monoisotopic (exact) mass is 279 g/mol. The van der Waals surface area contributed by atoms with Gasteiger partial charge in [-0.15, -0.1) is 0 Å². The van der Waals surface area contributed by atoms with Crippen molar-refractivity contribution in [3.63, 3.8) is 0 Å². The molecule has 0 amide bonds. The molecule has 1 heterocycles. The lowest BCUT2D eigenvalue weighted by atomic mass is 10.1. The third-order valence-electron chi connectivity index (χ3n) is 3.01. The van der Waals surface area contributed by atoms with Gasteiger partial charge in [0.25, 0.3) is 0 Å². The quantitative estimate of drug-likeness (QED) is 0.923. The van der Waals surface area contributed by atoms with Crippen LogP contribution in [0.1, 0.15) is 24.9 Å². The normalized spacial score (nSPS) is 13.4. The zero-order valence-corrected chi connectivity index (χ0v) is 11.8. The third kappa shape index (κ3) is 3.02. The van der Waals surface area contributed by atoms with E-state index in [-0.39, 0.29) is 10.9 Å². The van der Waals surface area contributed by atoms with Crippen LogP contribution in [0.3, 0.4) is 0 Å². The van der Waals surface area contributed by atoms with Crippen molar-refractivity contribution in [2.45, 2.75) is 24.3 Å². The van der Waals surface area contributed by atoms with Crippen molar-refractivity contribution in [2.75, 3.05) is 6.26 Å². The summed E-state index contributed by atoms with van der Waals surface area (Å²) in [7, 11) is -3.22. The third-order valence-corrected chi connectivity index (χ3v) is 4.08. The number of rotatable bonds is 4. The van der Waals surface area contributed by atoms with Gasteiger partial charge in [-0.2, -0.15) is 5.10 Å². The molecule has 19 heavy (non-hydrogen) atoms. The summed E-state index contributed by atoms with van der Waals surface area (Å²) >= 11 is 0. The molecule has 1 aromatic carbocycles. The summed E-state index contributed by atoms with van der Waals surface area (Å²) in [5, 5.41) is 4.05. The van der Waals surface area contributed by atoms with Gasteiger partial charge >= 0.3 is 0 Å². The van der Waals surface area contributed by atoms with Gasteiger partial charge in [0, 0.05) is 18.5 Å². The second-order valence-corrected chi connectivity index (χ2v) is 6.51. The second kappa shape index (κ2) is 5.14.